The van der Waals surface area contributed by atoms with Crippen LogP contribution in [0.1, 0.15) is 35.2 Å². The molecule has 0 saturated carbocycles. The van der Waals surface area contributed by atoms with E-state index in [2.05, 4.69) is 0 Å². The van der Waals surface area contributed by atoms with Crippen molar-refractivity contribution in [2.75, 3.05) is 6.61 Å². The van der Waals surface area contributed by atoms with Gasteiger partial charge in [0, 0.05) is 11.1 Å². The highest BCUT2D eigenvalue weighted by Crippen LogP contribution is 2.36. The lowest BCUT2D eigenvalue weighted by Gasteiger charge is -2.20. The lowest BCUT2D eigenvalue weighted by molar-refractivity contribution is 0.340. The lowest BCUT2D eigenvalue weighted by atomic mass is 9.92. The average Bonchev–Trinajstić information content (AvgIpc) is 2.42. The summed E-state index contributed by atoms with van der Waals surface area (Å²) < 4.78 is 5.45. The van der Waals surface area contributed by atoms with E-state index in [9.17, 15) is 0 Å². The Kier molecular flexibility index (Phi) is 5.15. The summed E-state index contributed by atoms with van der Waals surface area (Å²) >= 11 is 12.6. The molecular formula is C17H19Cl2NO. The van der Waals surface area contributed by atoms with Crippen molar-refractivity contribution in [1.29, 1.82) is 0 Å². The molecule has 0 heterocycles. The van der Waals surface area contributed by atoms with E-state index < -0.39 is 0 Å². The fourth-order valence-electron chi connectivity index (χ4n) is 2.52. The maximum absolute atomic E-state index is 6.43. The van der Waals surface area contributed by atoms with E-state index in [1.807, 2.05) is 39.0 Å². The molecule has 2 aromatic carbocycles. The molecule has 21 heavy (non-hydrogen) atoms. The molecule has 0 aromatic heterocycles. The van der Waals surface area contributed by atoms with Gasteiger partial charge >= 0.3 is 0 Å². The summed E-state index contributed by atoms with van der Waals surface area (Å²) in [6.45, 7) is 6.54. The second-order valence-electron chi connectivity index (χ2n) is 5.02. The molecule has 2 nitrogen and oxygen atoms in total. The summed E-state index contributed by atoms with van der Waals surface area (Å²) in [7, 11) is 0. The third-order valence-corrected chi connectivity index (χ3v) is 4.16. The Morgan fingerprint density at radius 3 is 2.29 bits per heavy atom. The zero-order valence-corrected chi connectivity index (χ0v) is 13.9. The molecule has 0 saturated heterocycles. The van der Waals surface area contributed by atoms with Crippen LogP contribution in [0.5, 0.6) is 5.75 Å². The number of aryl methyl sites for hydroxylation is 2. The van der Waals surface area contributed by atoms with Gasteiger partial charge in [-0.25, -0.2) is 0 Å². The molecule has 2 aromatic rings. The highest BCUT2D eigenvalue weighted by atomic mass is 35.5. The highest BCUT2D eigenvalue weighted by molar-refractivity contribution is 6.34. The highest BCUT2D eigenvalue weighted by Gasteiger charge is 2.18. The minimum Gasteiger partial charge on any atom is -0.492 e. The van der Waals surface area contributed by atoms with E-state index in [0.717, 1.165) is 22.3 Å². The first-order valence-electron chi connectivity index (χ1n) is 6.89. The smallest absolute Gasteiger partial charge is 0.139 e. The van der Waals surface area contributed by atoms with Crippen LogP contribution < -0.4 is 10.5 Å². The van der Waals surface area contributed by atoms with E-state index in [4.69, 9.17) is 33.7 Å². The third-order valence-electron chi connectivity index (χ3n) is 3.54. The van der Waals surface area contributed by atoms with E-state index in [1.165, 1.54) is 0 Å². The third kappa shape index (κ3) is 3.34. The van der Waals surface area contributed by atoms with E-state index in [0.29, 0.717) is 22.4 Å². The summed E-state index contributed by atoms with van der Waals surface area (Å²) in [6.07, 6.45) is 0. The Hall–Kier alpha value is -1.22. The van der Waals surface area contributed by atoms with Gasteiger partial charge in [0.15, 0.2) is 0 Å². The van der Waals surface area contributed by atoms with E-state index >= 15 is 0 Å². The van der Waals surface area contributed by atoms with Gasteiger partial charge in [-0.1, -0.05) is 41.4 Å². The molecule has 0 aliphatic carbocycles. The number of hydrogen-bond donors (Lipinski definition) is 1. The molecule has 4 heteroatoms. The topological polar surface area (TPSA) is 35.2 Å². The van der Waals surface area contributed by atoms with Gasteiger partial charge in [-0.3, -0.25) is 0 Å². The molecule has 0 amide bonds. The number of nitrogens with two attached hydrogens (primary N) is 1. The van der Waals surface area contributed by atoms with Crippen molar-refractivity contribution in [2.24, 2.45) is 5.73 Å². The van der Waals surface area contributed by atoms with Crippen LogP contribution in [-0.4, -0.2) is 6.61 Å². The number of rotatable bonds is 4. The molecule has 112 valence electrons. The molecular weight excluding hydrogens is 305 g/mol. The van der Waals surface area contributed by atoms with Crippen molar-refractivity contribution in [2.45, 2.75) is 26.8 Å². The van der Waals surface area contributed by atoms with Crippen molar-refractivity contribution in [3.05, 3.63) is 62.6 Å². The standard InChI is InChI=1S/C17H19Cl2NO/c1-4-21-15-9-13(18)12(8-14(15)19)17(20)16-10(2)6-5-7-11(16)3/h5-9,17H,4,20H2,1-3H3. The fraction of sp³-hybridized carbons (Fsp3) is 0.294. The van der Waals surface area contributed by atoms with E-state index in [-0.39, 0.29) is 6.04 Å². The van der Waals surface area contributed by atoms with Crippen molar-refractivity contribution < 1.29 is 4.74 Å². The van der Waals surface area contributed by atoms with Crippen LogP contribution in [0.25, 0.3) is 0 Å². The molecule has 0 bridgehead atoms. The van der Waals surface area contributed by atoms with Gasteiger partial charge in [-0.15, -0.1) is 0 Å². The van der Waals surface area contributed by atoms with Gasteiger partial charge in [0.25, 0.3) is 0 Å². The van der Waals surface area contributed by atoms with Gasteiger partial charge in [0.05, 0.1) is 17.7 Å². The van der Waals surface area contributed by atoms with Gasteiger partial charge in [0.2, 0.25) is 0 Å². The summed E-state index contributed by atoms with van der Waals surface area (Å²) in [5.74, 6) is 0.585. The predicted octanol–water partition coefficient (Wildman–Crippen LogP) is 5.06. The van der Waals surface area contributed by atoms with Gasteiger partial charge in [-0.2, -0.15) is 0 Å². The predicted molar refractivity (Wildman–Crippen MR) is 89.6 cm³/mol. The van der Waals surface area contributed by atoms with Crippen LogP contribution in [0, 0.1) is 13.8 Å². The SMILES string of the molecule is CCOc1cc(Cl)c(C(N)c2c(C)cccc2C)cc1Cl. The number of benzene rings is 2. The summed E-state index contributed by atoms with van der Waals surface area (Å²) in [5, 5.41) is 1.09. The van der Waals surface area contributed by atoms with Crippen molar-refractivity contribution in [1.82, 2.24) is 0 Å². The monoisotopic (exact) mass is 323 g/mol. The van der Waals surface area contributed by atoms with Gasteiger partial charge in [0.1, 0.15) is 5.75 Å². The number of hydrogen-bond acceptors (Lipinski definition) is 2. The lowest BCUT2D eigenvalue weighted by Crippen LogP contribution is -2.15. The maximum atomic E-state index is 6.43. The quantitative estimate of drug-likeness (QED) is 0.853. The maximum Gasteiger partial charge on any atom is 0.139 e. The molecule has 2 rings (SSSR count). The van der Waals surface area contributed by atoms with Crippen LogP contribution in [0.15, 0.2) is 30.3 Å². The Morgan fingerprint density at radius 2 is 1.71 bits per heavy atom. The summed E-state index contributed by atoms with van der Waals surface area (Å²) in [5.41, 5.74) is 10.6. The fourth-order valence-corrected chi connectivity index (χ4v) is 3.02. The van der Waals surface area contributed by atoms with Crippen LogP contribution in [0.3, 0.4) is 0 Å². The summed E-state index contributed by atoms with van der Waals surface area (Å²) in [4.78, 5) is 0. The minimum absolute atomic E-state index is 0.313. The molecule has 1 atom stereocenters. The Bertz CT molecular complexity index is 635. The van der Waals surface area contributed by atoms with Crippen LogP contribution >= 0.6 is 23.2 Å². The molecule has 0 aliphatic rings. The molecule has 0 aliphatic heterocycles. The van der Waals surface area contributed by atoms with Crippen molar-refractivity contribution in [3.8, 4) is 5.75 Å². The Balaban J connectivity index is 2.49. The second kappa shape index (κ2) is 6.69. The van der Waals surface area contributed by atoms with Gasteiger partial charge in [-0.05, 0) is 49.1 Å². The van der Waals surface area contributed by atoms with Crippen molar-refractivity contribution >= 4 is 23.2 Å². The van der Waals surface area contributed by atoms with Crippen LogP contribution in [0.2, 0.25) is 10.0 Å². The molecule has 0 radical (unpaired) electrons. The van der Waals surface area contributed by atoms with Crippen LogP contribution in [0.4, 0.5) is 0 Å². The Labute approximate surface area is 135 Å². The molecule has 2 N–H and O–H groups in total. The number of halogens is 2. The first-order valence-corrected chi connectivity index (χ1v) is 7.64. The summed E-state index contributed by atoms with van der Waals surface area (Å²) in [6, 6.07) is 9.33. The first-order chi connectivity index (χ1) is 9.95. The number of ether oxygens (including phenoxy) is 1. The molecule has 0 spiro atoms. The zero-order valence-electron chi connectivity index (χ0n) is 12.4. The second-order valence-corrected chi connectivity index (χ2v) is 5.83. The average molecular weight is 324 g/mol. The van der Waals surface area contributed by atoms with Crippen LogP contribution in [-0.2, 0) is 0 Å². The van der Waals surface area contributed by atoms with Crippen molar-refractivity contribution in [3.63, 3.8) is 0 Å². The normalized spacial score (nSPS) is 12.3. The molecule has 0 fully saturated rings. The van der Waals surface area contributed by atoms with E-state index in [1.54, 1.807) is 12.1 Å². The zero-order chi connectivity index (χ0) is 15.6. The largest absolute Gasteiger partial charge is 0.492 e. The minimum atomic E-state index is -0.313. The first kappa shape index (κ1) is 16.2. The van der Waals surface area contributed by atoms with Gasteiger partial charge < -0.3 is 10.5 Å². The Morgan fingerprint density at radius 1 is 1.10 bits per heavy atom. The molecule has 1 unspecified atom stereocenters.